The fourth-order valence-electron chi connectivity index (χ4n) is 2.71. The standard InChI is InChI=1S/C19H23N5O6/c20-13(7-12-9-21-10-22-12)17(27)23-14(8-16(25)26)18(28)24-15(19(29)30)6-11-4-2-1-3-5-11/h1-5,9-10,13-15H,6-8,20H2,(H,21,22)(H,23,27)(H,24,28)(H,25,26)(H,29,30). The van der Waals surface area contributed by atoms with Crippen molar-refractivity contribution < 1.29 is 29.4 Å². The summed E-state index contributed by atoms with van der Waals surface area (Å²) in [5.41, 5.74) is 7.07. The van der Waals surface area contributed by atoms with Gasteiger partial charge in [-0.05, 0) is 5.56 Å². The number of amides is 2. The van der Waals surface area contributed by atoms with Gasteiger partial charge in [-0.2, -0.15) is 0 Å². The van der Waals surface area contributed by atoms with E-state index < -0.39 is 48.3 Å². The van der Waals surface area contributed by atoms with Crippen LogP contribution in [-0.2, 0) is 32.0 Å². The first-order valence-electron chi connectivity index (χ1n) is 9.08. The van der Waals surface area contributed by atoms with Crippen molar-refractivity contribution in [1.82, 2.24) is 20.6 Å². The third-order valence-electron chi connectivity index (χ3n) is 4.24. The van der Waals surface area contributed by atoms with Gasteiger partial charge in [0.25, 0.3) is 0 Å². The number of carbonyl (C=O) groups excluding carboxylic acids is 2. The number of benzene rings is 1. The monoisotopic (exact) mass is 417 g/mol. The van der Waals surface area contributed by atoms with Crippen molar-refractivity contribution in [3.63, 3.8) is 0 Å². The average molecular weight is 417 g/mol. The van der Waals surface area contributed by atoms with Crippen molar-refractivity contribution in [2.24, 2.45) is 5.73 Å². The molecule has 0 spiro atoms. The van der Waals surface area contributed by atoms with Crippen molar-refractivity contribution in [3.05, 3.63) is 54.1 Å². The molecule has 0 aliphatic carbocycles. The predicted molar refractivity (Wildman–Crippen MR) is 104 cm³/mol. The van der Waals surface area contributed by atoms with Crippen LogP contribution in [0.1, 0.15) is 17.7 Å². The highest BCUT2D eigenvalue weighted by Gasteiger charge is 2.29. The van der Waals surface area contributed by atoms with Gasteiger partial charge < -0.3 is 31.6 Å². The highest BCUT2D eigenvalue weighted by atomic mass is 16.4. The number of carboxylic acids is 2. The van der Waals surface area contributed by atoms with Crippen molar-refractivity contribution in [2.45, 2.75) is 37.4 Å². The van der Waals surface area contributed by atoms with E-state index in [1.807, 2.05) is 0 Å². The number of nitrogens with zero attached hydrogens (tertiary/aromatic N) is 1. The van der Waals surface area contributed by atoms with Crippen LogP contribution in [-0.4, -0.2) is 62.1 Å². The Kier molecular flexibility index (Phi) is 8.06. The lowest BCUT2D eigenvalue weighted by Crippen LogP contribution is -2.55. The van der Waals surface area contributed by atoms with Crippen LogP contribution in [0.25, 0.3) is 0 Å². The number of nitrogens with two attached hydrogens (primary N) is 1. The van der Waals surface area contributed by atoms with Gasteiger partial charge in [0.1, 0.15) is 12.1 Å². The van der Waals surface area contributed by atoms with E-state index in [1.165, 1.54) is 12.5 Å². The molecule has 1 heterocycles. The van der Waals surface area contributed by atoms with Gasteiger partial charge in [0.2, 0.25) is 11.8 Å². The Balaban J connectivity index is 2.04. The number of aromatic amines is 1. The van der Waals surface area contributed by atoms with Crippen molar-refractivity contribution in [2.75, 3.05) is 0 Å². The smallest absolute Gasteiger partial charge is 0.326 e. The van der Waals surface area contributed by atoms with E-state index in [9.17, 15) is 24.3 Å². The lowest BCUT2D eigenvalue weighted by Gasteiger charge is -2.22. The van der Waals surface area contributed by atoms with Crippen molar-refractivity contribution >= 4 is 23.8 Å². The van der Waals surface area contributed by atoms with Crippen LogP contribution in [0.15, 0.2) is 42.9 Å². The van der Waals surface area contributed by atoms with Gasteiger partial charge in [0.05, 0.1) is 18.8 Å². The second-order valence-corrected chi connectivity index (χ2v) is 6.64. The number of carboxylic acid groups (broad SMARTS) is 2. The zero-order valence-corrected chi connectivity index (χ0v) is 15.9. The zero-order valence-electron chi connectivity index (χ0n) is 15.9. The van der Waals surface area contributed by atoms with Gasteiger partial charge in [-0.1, -0.05) is 30.3 Å². The van der Waals surface area contributed by atoms with Gasteiger partial charge in [0.15, 0.2) is 0 Å². The topological polar surface area (TPSA) is 188 Å². The molecule has 0 saturated carbocycles. The van der Waals surface area contributed by atoms with Gasteiger partial charge in [-0.15, -0.1) is 0 Å². The van der Waals surface area contributed by atoms with Crippen molar-refractivity contribution in [3.8, 4) is 0 Å². The van der Waals surface area contributed by atoms with Gasteiger partial charge in [-0.3, -0.25) is 14.4 Å². The fraction of sp³-hybridized carbons (Fsp3) is 0.316. The van der Waals surface area contributed by atoms with Crippen molar-refractivity contribution in [1.29, 1.82) is 0 Å². The lowest BCUT2D eigenvalue weighted by molar-refractivity contribution is -0.143. The second-order valence-electron chi connectivity index (χ2n) is 6.64. The maximum atomic E-state index is 12.5. The van der Waals surface area contributed by atoms with Crippen LogP contribution in [0.4, 0.5) is 0 Å². The summed E-state index contributed by atoms with van der Waals surface area (Å²) in [6.07, 6.45) is 2.26. The summed E-state index contributed by atoms with van der Waals surface area (Å²) >= 11 is 0. The number of aliphatic carboxylic acids is 2. The first kappa shape index (κ1) is 22.6. The van der Waals surface area contributed by atoms with E-state index in [4.69, 9.17) is 10.8 Å². The Bertz CT molecular complexity index is 871. The fourth-order valence-corrected chi connectivity index (χ4v) is 2.71. The minimum absolute atomic E-state index is 0.00497. The minimum atomic E-state index is -1.49. The molecule has 0 bridgehead atoms. The first-order chi connectivity index (χ1) is 14.3. The third-order valence-corrected chi connectivity index (χ3v) is 4.24. The van der Waals surface area contributed by atoms with Crippen LogP contribution in [0.3, 0.4) is 0 Å². The zero-order chi connectivity index (χ0) is 22.1. The molecule has 0 radical (unpaired) electrons. The molecule has 2 rings (SSSR count). The molecule has 160 valence electrons. The number of carbonyl (C=O) groups is 4. The Hall–Kier alpha value is -3.73. The molecule has 1 aromatic heterocycles. The number of hydrogen-bond acceptors (Lipinski definition) is 6. The largest absolute Gasteiger partial charge is 0.481 e. The Morgan fingerprint density at radius 1 is 1.00 bits per heavy atom. The molecule has 0 fully saturated rings. The minimum Gasteiger partial charge on any atom is -0.481 e. The molecular weight excluding hydrogens is 394 g/mol. The first-order valence-corrected chi connectivity index (χ1v) is 9.08. The van der Waals surface area contributed by atoms with Gasteiger partial charge >= 0.3 is 11.9 Å². The quantitative estimate of drug-likeness (QED) is 0.270. The Morgan fingerprint density at radius 3 is 2.23 bits per heavy atom. The summed E-state index contributed by atoms with van der Waals surface area (Å²) in [5, 5.41) is 23.1. The van der Waals surface area contributed by atoms with Crippen LogP contribution in [0, 0.1) is 0 Å². The molecule has 3 unspecified atom stereocenters. The second kappa shape index (κ2) is 10.7. The molecule has 2 amide bonds. The summed E-state index contributed by atoms with van der Waals surface area (Å²) in [4.78, 5) is 54.1. The van der Waals surface area contributed by atoms with Crippen LogP contribution < -0.4 is 16.4 Å². The predicted octanol–water partition coefficient (Wildman–Crippen LogP) is -0.949. The Labute approximate surface area is 171 Å². The molecule has 7 N–H and O–H groups in total. The molecule has 11 nitrogen and oxygen atoms in total. The molecule has 0 aliphatic heterocycles. The maximum absolute atomic E-state index is 12.5. The van der Waals surface area contributed by atoms with E-state index in [0.717, 1.165) is 0 Å². The summed E-state index contributed by atoms with van der Waals surface area (Å²) in [6.45, 7) is 0. The SMILES string of the molecule is NC(Cc1cnc[nH]1)C(=O)NC(CC(=O)O)C(=O)NC(Cc1ccccc1)C(=O)O. The highest BCUT2D eigenvalue weighted by Crippen LogP contribution is 2.05. The molecule has 0 saturated heterocycles. The van der Waals surface area contributed by atoms with Gasteiger partial charge in [-0.25, -0.2) is 9.78 Å². The average Bonchev–Trinajstić information content (AvgIpc) is 3.20. The van der Waals surface area contributed by atoms with E-state index in [-0.39, 0.29) is 12.8 Å². The summed E-state index contributed by atoms with van der Waals surface area (Å²) < 4.78 is 0. The number of rotatable bonds is 11. The summed E-state index contributed by atoms with van der Waals surface area (Å²) in [5.74, 6) is -4.31. The highest BCUT2D eigenvalue weighted by molar-refractivity contribution is 5.94. The maximum Gasteiger partial charge on any atom is 0.326 e. The van der Waals surface area contributed by atoms with E-state index >= 15 is 0 Å². The van der Waals surface area contributed by atoms with Gasteiger partial charge in [0, 0.05) is 24.7 Å². The van der Waals surface area contributed by atoms with Crippen LogP contribution in [0.5, 0.6) is 0 Å². The molecular formula is C19H23N5O6. The lowest BCUT2D eigenvalue weighted by atomic mass is 10.0. The number of nitrogens with one attached hydrogen (secondary N) is 3. The molecule has 30 heavy (non-hydrogen) atoms. The summed E-state index contributed by atoms with van der Waals surface area (Å²) in [7, 11) is 0. The molecule has 0 aliphatic rings. The van der Waals surface area contributed by atoms with Crippen LogP contribution >= 0.6 is 0 Å². The number of hydrogen-bond donors (Lipinski definition) is 6. The third kappa shape index (κ3) is 7.02. The Morgan fingerprint density at radius 2 is 1.67 bits per heavy atom. The number of H-pyrrole nitrogens is 1. The summed E-state index contributed by atoms with van der Waals surface area (Å²) in [6, 6.07) is 4.78. The van der Waals surface area contributed by atoms with E-state index in [1.54, 1.807) is 30.3 Å². The van der Waals surface area contributed by atoms with E-state index in [0.29, 0.717) is 11.3 Å². The normalized spacial score (nSPS) is 13.6. The number of imidazole rings is 1. The molecule has 2 aromatic rings. The number of aromatic nitrogens is 2. The molecule has 3 atom stereocenters. The molecule has 11 heteroatoms. The molecule has 1 aromatic carbocycles. The van der Waals surface area contributed by atoms with E-state index in [2.05, 4.69) is 20.6 Å². The van der Waals surface area contributed by atoms with Crippen LogP contribution in [0.2, 0.25) is 0 Å².